The number of rotatable bonds is 5. The van der Waals surface area contributed by atoms with Gasteiger partial charge in [0.05, 0.1) is 24.0 Å². The van der Waals surface area contributed by atoms with Crippen molar-refractivity contribution in [1.29, 1.82) is 0 Å². The van der Waals surface area contributed by atoms with Crippen LogP contribution in [0.15, 0.2) is 36.5 Å². The van der Waals surface area contributed by atoms with E-state index in [9.17, 15) is 4.79 Å². The summed E-state index contributed by atoms with van der Waals surface area (Å²) in [7, 11) is 0. The second-order valence-electron chi connectivity index (χ2n) is 7.28. The number of carbonyl (C=O) groups excluding carboxylic acids is 1. The van der Waals surface area contributed by atoms with Crippen molar-refractivity contribution in [3.63, 3.8) is 0 Å². The fraction of sp³-hybridized carbons (Fsp3) is 0.500. The van der Waals surface area contributed by atoms with E-state index >= 15 is 0 Å². The zero-order valence-corrected chi connectivity index (χ0v) is 14.7. The molecular formula is C20H26N4O. The summed E-state index contributed by atoms with van der Waals surface area (Å²) in [5, 5.41) is 11.4. The van der Waals surface area contributed by atoms with Crippen LogP contribution in [0.1, 0.15) is 54.2 Å². The molecule has 5 nitrogen and oxygen atoms in total. The van der Waals surface area contributed by atoms with Crippen molar-refractivity contribution >= 4 is 5.91 Å². The van der Waals surface area contributed by atoms with Crippen LogP contribution in [-0.2, 0) is 13.0 Å². The highest BCUT2D eigenvalue weighted by molar-refractivity contribution is 5.95. The first kappa shape index (κ1) is 16.3. The van der Waals surface area contributed by atoms with E-state index in [0.717, 1.165) is 30.5 Å². The van der Waals surface area contributed by atoms with Gasteiger partial charge in [-0.25, -0.2) is 0 Å². The van der Waals surface area contributed by atoms with E-state index in [1.54, 1.807) is 6.20 Å². The van der Waals surface area contributed by atoms with E-state index in [2.05, 4.69) is 34.8 Å². The van der Waals surface area contributed by atoms with Gasteiger partial charge in [0.1, 0.15) is 0 Å². The summed E-state index contributed by atoms with van der Waals surface area (Å²) in [6, 6.07) is 11.7. The fourth-order valence-corrected chi connectivity index (χ4v) is 4.30. The number of amides is 1. The molecule has 1 amide bonds. The Morgan fingerprint density at radius 3 is 2.64 bits per heavy atom. The summed E-state index contributed by atoms with van der Waals surface area (Å²) in [6.07, 6.45) is 7.10. The maximum Gasteiger partial charge on any atom is 0.254 e. The van der Waals surface area contributed by atoms with Crippen LogP contribution in [-0.4, -0.2) is 33.8 Å². The number of aromatic nitrogens is 2. The summed E-state index contributed by atoms with van der Waals surface area (Å²) >= 11 is 0. The van der Waals surface area contributed by atoms with E-state index in [-0.39, 0.29) is 11.9 Å². The SMILES string of the molecule is CCc1c(C(=O)NC2CC3CCC(C2)N3)cnn1Cc1ccccc1. The van der Waals surface area contributed by atoms with Crippen molar-refractivity contribution in [3.05, 3.63) is 53.3 Å². The van der Waals surface area contributed by atoms with Crippen LogP contribution in [0.25, 0.3) is 0 Å². The molecule has 0 spiro atoms. The maximum atomic E-state index is 12.8. The highest BCUT2D eigenvalue weighted by Gasteiger charge is 2.34. The molecule has 2 aliphatic heterocycles. The van der Waals surface area contributed by atoms with Gasteiger partial charge in [0.15, 0.2) is 0 Å². The maximum absolute atomic E-state index is 12.8. The minimum Gasteiger partial charge on any atom is -0.349 e. The molecule has 0 radical (unpaired) electrons. The zero-order chi connectivity index (χ0) is 17.2. The van der Waals surface area contributed by atoms with Crippen LogP contribution >= 0.6 is 0 Å². The van der Waals surface area contributed by atoms with Crippen molar-refractivity contribution < 1.29 is 4.79 Å². The molecule has 2 aromatic rings. The number of carbonyl (C=O) groups is 1. The van der Waals surface area contributed by atoms with E-state index in [1.165, 1.54) is 18.4 Å². The van der Waals surface area contributed by atoms with E-state index < -0.39 is 0 Å². The highest BCUT2D eigenvalue weighted by Crippen LogP contribution is 2.27. The average molecular weight is 338 g/mol. The monoisotopic (exact) mass is 338 g/mol. The number of piperidine rings is 1. The first-order chi connectivity index (χ1) is 12.2. The third kappa shape index (κ3) is 3.47. The summed E-state index contributed by atoms with van der Waals surface area (Å²) in [4.78, 5) is 12.8. The molecule has 1 aromatic carbocycles. The molecule has 4 rings (SSSR count). The fourth-order valence-electron chi connectivity index (χ4n) is 4.30. The Morgan fingerprint density at radius 2 is 1.96 bits per heavy atom. The second kappa shape index (κ2) is 7.00. The van der Waals surface area contributed by atoms with Crippen LogP contribution < -0.4 is 10.6 Å². The van der Waals surface area contributed by atoms with Crippen LogP contribution in [0, 0.1) is 0 Å². The van der Waals surface area contributed by atoms with Gasteiger partial charge in [-0.1, -0.05) is 37.3 Å². The normalized spacial score (nSPS) is 25.1. The lowest BCUT2D eigenvalue weighted by molar-refractivity contribution is 0.0923. The topological polar surface area (TPSA) is 59.0 Å². The third-order valence-corrected chi connectivity index (χ3v) is 5.51. The molecule has 2 aliphatic rings. The van der Waals surface area contributed by atoms with Gasteiger partial charge >= 0.3 is 0 Å². The van der Waals surface area contributed by atoms with E-state index in [0.29, 0.717) is 18.6 Å². The largest absolute Gasteiger partial charge is 0.349 e. The van der Waals surface area contributed by atoms with Crippen molar-refractivity contribution in [2.24, 2.45) is 0 Å². The number of fused-ring (bicyclic) bond motifs is 2. The first-order valence-electron chi connectivity index (χ1n) is 9.38. The van der Waals surface area contributed by atoms with Gasteiger partial charge in [0, 0.05) is 18.1 Å². The third-order valence-electron chi connectivity index (χ3n) is 5.51. The van der Waals surface area contributed by atoms with E-state index in [1.807, 2.05) is 22.9 Å². The molecule has 0 aliphatic carbocycles. The molecular weight excluding hydrogens is 312 g/mol. The summed E-state index contributed by atoms with van der Waals surface area (Å²) < 4.78 is 1.95. The van der Waals surface area contributed by atoms with Crippen LogP contribution in [0.5, 0.6) is 0 Å². The Balaban J connectivity index is 1.47. The molecule has 3 heterocycles. The molecule has 0 saturated carbocycles. The molecule has 2 bridgehead atoms. The van der Waals surface area contributed by atoms with Crippen LogP contribution in [0.3, 0.4) is 0 Å². The molecule has 25 heavy (non-hydrogen) atoms. The van der Waals surface area contributed by atoms with Gasteiger partial charge in [-0.05, 0) is 37.7 Å². The summed E-state index contributed by atoms with van der Waals surface area (Å²) in [6.45, 7) is 2.79. The standard InChI is InChI=1S/C20H26N4O/c1-2-19-18(12-21-24(19)13-14-6-4-3-5-7-14)20(25)23-17-10-15-8-9-16(11-17)22-15/h3-7,12,15-17,22H,2,8-11,13H2,1H3,(H,23,25). The van der Waals surface area contributed by atoms with Crippen LogP contribution in [0.2, 0.25) is 0 Å². The number of hydrogen-bond acceptors (Lipinski definition) is 3. The van der Waals surface area contributed by atoms with Crippen molar-refractivity contribution in [2.45, 2.75) is 63.7 Å². The molecule has 2 saturated heterocycles. The van der Waals surface area contributed by atoms with Gasteiger partial charge in [-0.15, -0.1) is 0 Å². The summed E-state index contributed by atoms with van der Waals surface area (Å²) in [5.41, 5.74) is 2.93. The predicted molar refractivity (Wildman–Crippen MR) is 97.6 cm³/mol. The Hall–Kier alpha value is -2.14. The minimum absolute atomic E-state index is 0.0301. The van der Waals surface area contributed by atoms with Gasteiger partial charge in [0.2, 0.25) is 0 Å². The molecule has 5 heteroatoms. The Morgan fingerprint density at radius 1 is 1.24 bits per heavy atom. The zero-order valence-electron chi connectivity index (χ0n) is 14.7. The minimum atomic E-state index is 0.0301. The summed E-state index contributed by atoms with van der Waals surface area (Å²) in [5.74, 6) is 0.0301. The molecule has 2 unspecified atom stereocenters. The van der Waals surface area contributed by atoms with Gasteiger partial charge in [-0.3, -0.25) is 9.48 Å². The lowest BCUT2D eigenvalue weighted by Crippen LogP contribution is -2.48. The predicted octanol–water partition coefficient (Wildman–Crippen LogP) is 2.51. The number of hydrogen-bond donors (Lipinski definition) is 2. The van der Waals surface area contributed by atoms with Gasteiger partial charge < -0.3 is 10.6 Å². The van der Waals surface area contributed by atoms with E-state index in [4.69, 9.17) is 0 Å². The number of nitrogens with one attached hydrogen (secondary N) is 2. The quantitative estimate of drug-likeness (QED) is 0.881. The van der Waals surface area contributed by atoms with Crippen molar-refractivity contribution in [3.8, 4) is 0 Å². The molecule has 2 atom stereocenters. The lowest BCUT2D eigenvalue weighted by Gasteiger charge is -2.29. The lowest BCUT2D eigenvalue weighted by atomic mass is 9.99. The average Bonchev–Trinajstić information content (AvgIpc) is 3.18. The van der Waals surface area contributed by atoms with Crippen molar-refractivity contribution in [1.82, 2.24) is 20.4 Å². The molecule has 1 aromatic heterocycles. The van der Waals surface area contributed by atoms with Crippen LogP contribution in [0.4, 0.5) is 0 Å². The number of benzene rings is 1. The second-order valence-corrected chi connectivity index (χ2v) is 7.28. The Kier molecular flexibility index (Phi) is 4.57. The molecule has 2 fully saturated rings. The smallest absolute Gasteiger partial charge is 0.254 e. The Labute approximate surface area is 148 Å². The van der Waals surface area contributed by atoms with Gasteiger partial charge in [0.25, 0.3) is 5.91 Å². The number of nitrogens with zero attached hydrogens (tertiary/aromatic N) is 2. The molecule has 2 N–H and O–H groups in total. The van der Waals surface area contributed by atoms with Crippen molar-refractivity contribution in [2.75, 3.05) is 0 Å². The Bertz CT molecular complexity index is 727. The highest BCUT2D eigenvalue weighted by atomic mass is 16.1. The van der Waals surface area contributed by atoms with Gasteiger partial charge in [-0.2, -0.15) is 5.10 Å². The molecule has 132 valence electrons. The first-order valence-corrected chi connectivity index (χ1v) is 9.38.